The van der Waals surface area contributed by atoms with Gasteiger partial charge in [-0.3, -0.25) is 4.90 Å². The van der Waals surface area contributed by atoms with Crippen molar-refractivity contribution in [2.24, 2.45) is 0 Å². The van der Waals surface area contributed by atoms with E-state index in [1.807, 2.05) is 35.0 Å². The lowest BCUT2D eigenvalue weighted by molar-refractivity contribution is 0.155. The molecule has 1 aromatic carbocycles. The highest BCUT2D eigenvalue weighted by atomic mass is 15.6. The molecule has 0 unspecified atom stereocenters. The molecule has 0 radical (unpaired) electrons. The number of fused-ring (bicyclic) bond motifs is 1. The van der Waals surface area contributed by atoms with Crippen LogP contribution in [-0.2, 0) is 13.1 Å². The Morgan fingerprint density at radius 3 is 2.67 bits per heavy atom. The average Bonchev–Trinajstić information content (AvgIpc) is 3.20. The smallest absolute Gasteiger partial charge is 0.173 e. The van der Waals surface area contributed by atoms with Gasteiger partial charge < -0.3 is 4.57 Å². The van der Waals surface area contributed by atoms with Crippen molar-refractivity contribution in [2.75, 3.05) is 6.54 Å². The second kappa shape index (κ2) is 5.83. The van der Waals surface area contributed by atoms with Crippen LogP contribution in [0.3, 0.4) is 0 Å². The number of aromatic nitrogens is 6. The lowest BCUT2D eigenvalue weighted by Gasteiger charge is -2.32. The van der Waals surface area contributed by atoms with Gasteiger partial charge >= 0.3 is 0 Å². The van der Waals surface area contributed by atoms with Gasteiger partial charge in [-0.05, 0) is 43.3 Å². The van der Waals surface area contributed by atoms with E-state index in [4.69, 9.17) is 4.98 Å². The van der Waals surface area contributed by atoms with Crippen LogP contribution < -0.4 is 0 Å². The van der Waals surface area contributed by atoms with Gasteiger partial charge in [-0.1, -0.05) is 18.2 Å². The SMILES string of the molecule is Cc1nc2n(c1C)CCN([C@H](C)c1nnnn1-c1ccccc1)C2. The summed E-state index contributed by atoms with van der Waals surface area (Å²) < 4.78 is 4.14. The lowest BCUT2D eigenvalue weighted by Crippen LogP contribution is -2.37. The third-order valence-corrected chi connectivity index (χ3v) is 4.91. The Morgan fingerprint density at radius 2 is 1.88 bits per heavy atom. The molecule has 124 valence electrons. The highest BCUT2D eigenvalue weighted by molar-refractivity contribution is 5.31. The predicted molar refractivity (Wildman–Crippen MR) is 89.7 cm³/mol. The Bertz CT molecular complexity index is 849. The Hall–Kier alpha value is -2.54. The summed E-state index contributed by atoms with van der Waals surface area (Å²) in [6.45, 7) is 9.11. The predicted octanol–water partition coefficient (Wildman–Crippen LogP) is 2.05. The van der Waals surface area contributed by atoms with Crippen LogP contribution in [-0.4, -0.2) is 41.2 Å². The Morgan fingerprint density at radius 1 is 1.08 bits per heavy atom. The normalized spacial score (nSPS) is 16.1. The number of aryl methyl sites for hydroxylation is 1. The van der Waals surface area contributed by atoms with Gasteiger partial charge in [0.05, 0.1) is 24.0 Å². The van der Waals surface area contributed by atoms with Crippen molar-refractivity contribution in [1.29, 1.82) is 0 Å². The number of tetrazole rings is 1. The summed E-state index contributed by atoms with van der Waals surface area (Å²) in [5, 5.41) is 12.3. The Balaban J connectivity index is 1.62. The van der Waals surface area contributed by atoms with Gasteiger partial charge in [-0.25, -0.2) is 4.98 Å². The van der Waals surface area contributed by atoms with Crippen LogP contribution in [0.15, 0.2) is 30.3 Å². The zero-order chi connectivity index (χ0) is 16.7. The molecular weight excluding hydrogens is 302 g/mol. The largest absolute Gasteiger partial charge is 0.330 e. The molecule has 4 rings (SSSR count). The van der Waals surface area contributed by atoms with E-state index in [-0.39, 0.29) is 6.04 Å². The molecule has 1 aliphatic rings. The average molecular weight is 323 g/mol. The minimum atomic E-state index is 0.117. The fourth-order valence-electron chi connectivity index (χ4n) is 3.33. The highest BCUT2D eigenvalue weighted by Gasteiger charge is 2.27. The molecule has 2 aromatic heterocycles. The van der Waals surface area contributed by atoms with Crippen molar-refractivity contribution in [3.63, 3.8) is 0 Å². The van der Waals surface area contributed by atoms with Crippen LogP contribution in [0.2, 0.25) is 0 Å². The summed E-state index contributed by atoms with van der Waals surface area (Å²) >= 11 is 0. The number of hydrogen-bond donors (Lipinski definition) is 0. The zero-order valence-corrected chi connectivity index (χ0v) is 14.2. The fraction of sp³-hybridized carbons (Fsp3) is 0.412. The van der Waals surface area contributed by atoms with Crippen molar-refractivity contribution in [1.82, 2.24) is 34.7 Å². The summed E-state index contributed by atoms with van der Waals surface area (Å²) in [6.07, 6.45) is 0. The maximum absolute atomic E-state index is 4.71. The quantitative estimate of drug-likeness (QED) is 0.738. The third kappa shape index (κ3) is 2.41. The van der Waals surface area contributed by atoms with E-state index in [9.17, 15) is 0 Å². The molecule has 7 nitrogen and oxygen atoms in total. The molecule has 0 saturated carbocycles. The third-order valence-electron chi connectivity index (χ3n) is 4.91. The van der Waals surface area contributed by atoms with E-state index in [0.29, 0.717) is 0 Å². The van der Waals surface area contributed by atoms with Gasteiger partial charge in [-0.2, -0.15) is 4.68 Å². The maximum Gasteiger partial charge on any atom is 0.173 e. The van der Waals surface area contributed by atoms with E-state index in [0.717, 1.165) is 42.7 Å². The number of nitrogens with zero attached hydrogens (tertiary/aromatic N) is 7. The van der Waals surface area contributed by atoms with E-state index in [2.05, 4.69) is 45.8 Å². The van der Waals surface area contributed by atoms with Crippen molar-refractivity contribution >= 4 is 0 Å². The second-order valence-corrected chi connectivity index (χ2v) is 6.28. The fourth-order valence-corrected chi connectivity index (χ4v) is 3.33. The number of benzene rings is 1. The molecule has 0 spiro atoms. The zero-order valence-electron chi connectivity index (χ0n) is 14.2. The molecule has 3 aromatic rings. The van der Waals surface area contributed by atoms with Gasteiger partial charge in [0.25, 0.3) is 0 Å². The van der Waals surface area contributed by atoms with Crippen molar-refractivity contribution < 1.29 is 0 Å². The molecule has 0 amide bonds. The summed E-state index contributed by atoms with van der Waals surface area (Å²) in [7, 11) is 0. The summed E-state index contributed by atoms with van der Waals surface area (Å²) in [6, 6.07) is 10.1. The second-order valence-electron chi connectivity index (χ2n) is 6.28. The number of para-hydroxylation sites is 1. The van der Waals surface area contributed by atoms with Crippen molar-refractivity contribution in [3.05, 3.63) is 53.4 Å². The topological polar surface area (TPSA) is 64.7 Å². The van der Waals surface area contributed by atoms with Crippen LogP contribution in [0.25, 0.3) is 5.69 Å². The number of hydrogen-bond acceptors (Lipinski definition) is 5. The summed E-state index contributed by atoms with van der Waals surface area (Å²) in [5.41, 5.74) is 3.37. The van der Waals surface area contributed by atoms with Gasteiger partial charge in [0.15, 0.2) is 5.82 Å². The first-order chi connectivity index (χ1) is 11.6. The van der Waals surface area contributed by atoms with Crippen LogP contribution in [0, 0.1) is 13.8 Å². The summed E-state index contributed by atoms with van der Waals surface area (Å²) in [4.78, 5) is 7.09. The first-order valence-corrected chi connectivity index (χ1v) is 8.25. The van der Waals surface area contributed by atoms with E-state index < -0.39 is 0 Å². The maximum atomic E-state index is 4.71. The number of imidazole rings is 1. The first-order valence-electron chi connectivity index (χ1n) is 8.25. The molecule has 0 bridgehead atoms. The van der Waals surface area contributed by atoms with Gasteiger partial charge in [-0.15, -0.1) is 5.10 Å². The molecule has 0 fully saturated rings. The van der Waals surface area contributed by atoms with Crippen LogP contribution in [0.4, 0.5) is 0 Å². The van der Waals surface area contributed by atoms with Crippen molar-refractivity contribution in [2.45, 2.75) is 39.9 Å². The van der Waals surface area contributed by atoms with Crippen LogP contribution in [0.5, 0.6) is 0 Å². The molecule has 24 heavy (non-hydrogen) atoms. The molecule has 1 aliphatic heterocycles. The first kappa shape index (κ1) is 15.0. The summed E-state index contributed by atoms with van der Waals surface area (Å²) in [5.74, 6) is 1.98. The van der Waals surface area contributed by atoms with Gasteiger partial charge in [0.1, 0.15) is 5.82 Å². The molecule has 7 heteroatoms. The molecule has 1 atom stereocenters. The molecule has 0 aliphatic carbocycles. The monoisotopic (exact) mass is 323 g/mol. The van der Waals surface area contributed by atoms with Gasteiger partial charge in [0, 0.05) is 18.8 Å². The van der Waals surface area contributed by atoms with Crippen molar-refractivity contribution in [3.8, 4) is 5.69 Å². The molecular formula is C17H21N7. The molecule has 0 N–H and O–H groups in total. The number of rotatable bonds is 3. The van der Waals surface area contributed by atoms with E-state index in [1.165, 1.54) is 5.69 Å². The lowest BCUT2D eigenvalue weighted by atomic mass is 10.2. The molecule has 0 saturated heterocycles. The molecule has 3 heterocycles. The van der Waals surface area contributed by atoms with E-state index in [1.54, 1.807) is 0 Å². The standard InChI is InChI=1S/C17H21N7/c1-12-13(2)23-10-9-22(11-16(23)18-12)14(3)17-19-20-21-24(17)15-7-5-4-6-8-15/h4-8,14H,9-11H2,1-3H3/t14-/m1/s1. The van der Waals surface area contributed by atoms with Crippen LogP contribution >= 0.6 is 0 Å². The van der Waals surface area contributed by atoms with Crippen LogP contribution in [0.1, 0.15) is 36.0 Å². The Kier molecular flexibility index (Phi) is 3.65. The van der Waals surface area contributed by atoms with E-state index >= 15 is 0 Å². The Labute approximate surface area is 140 Å². The minimum Gasteiger partial charge on any atom is -0.330 e. The minimum absolute atomic E-state index is 0.117. The van der Waals surface area contributed by atoms with Gasteiger partial charge in [0.2, 0.25) is 0 Å². The highest BCUT2D eigenvalue weighted by Crippen LogP contribution is 2.25.